The number of rotatable bonds is 5. The lowest BCUT2D eigenvalue weighted by molar-refractivity contribution is -0.139. The van der Waals surface area contributed by atoms with Gasteiger partial charge in [-0.15, -0.1) is 11.8 Å². The van der Waals surface area contributed by atoms with Crippen LogP contribution in [0.1, 0.15) is 32.8 Å². The molecule has 0 bridgehead atoms. The average Bonchev–Trinajstić information content (AvgIpc) is 2.96. The van der Waals surface area contributed by atoms with E-state index in [1.807, 2.05) is 39.0 Å². The topological polar surface area (TPSA) is 49.4 Å². The van der Waals surface area contributed by atoms with Crippen molar-refractivity contribution in [2.45, 2.75) is 39.7 Å². The van der Waals surface area contributed by atoms with E-state index in [-0.39, 0.29) is 23.3 Å². The van der Waals surface area contributed by atoms with Crippen LogP contribution in [0.25, 0.3) is 0 Å². The zero-order valence-corrected chi connectivity index (χ0v) is 15.0. The number of hydrogen-bond acceptors (Lipinski definition) is 3. The van der Waals surface area contributed by atoms with Crippen LogP contribution in [0, 0.1) is 5.41 Å². The number of nitrogens with one attached hydrogen (secondary N) is 1. The maximum atomic E-state index is 12.4. The quantitative estimate of drug-likeness (QED) is 0.901. The van der Waals surface area contributed by atoms with Gasteiger partial charge in [-0.2, -0.15) is 0 Å². The molecule has 1 aliphatic rings. The highest BCUT2D eigenvalue weighted by Crippen LogP contribution is 2.26. The number of carbonyl (C=O) groups is 2. The van der Waals surface area contributed by atoms with Crippen LogP contribution >= 0.6 is 11.8 Å². The number of thioether (sulfide) groups is 1. The van der Waals surface area contributed by atoms with Crippen LogP contribution in [0.5, 0.6) is 0 Å². The molecule has 0 saturated carbocycles. The highest BCUT2D eigenvalue weighted by atomic mass is 32.2. The van der Waals surface area contributed by atoms with Crippen molar-refractivity contribution in [1.82, 2.24) is 10.2 Å². The molecule has 0 radical (unpaired) electrons. The smallest absolute Gasteiger partial charge is 0.243 e. The van der Waals surface area contributed by atoms with E-state index in [2.05, 4.69) is 17.4 Å². The first-order valence-electron chi connectivity index (χ1n) is 8.06. The second-order valence-electron chi connectivity index (χ2n) is 7.14. The van der Waals surface area contributed by atoms with E-state index >= 15 is 0 Å². The maximum Gasteiger partial charge on any atom is 0.243 e. The summed E-state index contributed by atoms with van der Waals surface area (Å²) in [6, 6.07) is 9.75. The van der Waals surface area contributed by atoms with E-state index in [1.165, 1.54) is 5.56 Å². The number of benzene rings is 1. The summed E-state index contributed by atoms with van der Waals surface area (Å²) in [7, 11) is 0. The summed E-state index contributed by atoms with van der Waals surface area (Å²) < 4.78 is 0. The normalized spacial score (nSPS) is 18.0. The summed E-state index contributed by atoms with van der Waals surface area (Å²) in [4.78, 5) is 26.5. The van der Waals surface area contributed by atoms with Crippen LogP contribution < -0.4 is 5.32 Å². The largest absolute Gasteiger partial charge is 0.354 e. The van der Waals surface area contributed by atoms with Gasteiger partial charge in [0.05, 0.1) is 5.88 Å². The lowest BCUT2D eigenvalue weighted by atomic mass is 9.91. The third-order valence-corrected chi connectivity index (χ3v) is 4.75. The number of amides is 2. The second-order valence-corrected chi connectivity index (χ2v) is 8.14. The van der Waals surface area contributed by atoms with E-state index < -0.39 is 0 Å². The molecule has 2 amide bonds. The minimum atomic E-state index is -0.328. The standard InChI is InChI=1S/C18H26N2O2S/c1-18(2,3)11-16(21)20-13-23-12-15(20)17(22)19-10-9-14-7-5-4-6-8-14/h4-8,15H,9-13H2,1-3H3,(H,19,22)/t15-/m0/s1. The van der Waals surface area contributed by atoms with Gasteiger partial charge < -0.3 is 10.2 Å². The molecule has 126 valence electrons. The first kappa shape index (κ1) is 17.9. The van der Waals surface area contributed by atoms with Gasteiger partial charge in [0.15, 0.2) is 0 Å². The Kier molecular flexibility index (Phi) is 6.10. The third-order valence-electron chi connectivity index (χ3n) is 3.74. The van der Waals surface area contributed by atoms with Crippen LogP contribution in [0.15, 0.2) is 30.3 Å². The number of hydrogen-bond donors (Lipinski definition) is 1. The van der Waals surface area contributed by atoms with Gasteiger partial charge >= 0.3 is 0 Å². The van der Waals surface area contributed by atoms with E-state index in [0.717, 1.165) is 6.42 Å². The third kappa shape index (κ3) is 5.57. The molecular formula is C18H26N2O2S. The summed E-state index contributed by atoms with van der Waals surface area (Å²) in [6.07, 6.45) is 1.28. The van der Waals surface area contributed by atoms with Gasteiger partial charge in [0.2, 0.25) is 11.8 Å². The fourth-order valence-corrected chi connectivity index (χ4v) is 3.73. The van der Waals surface area contributed by atoms with Crippen molar-refractivity contribution in [3.05, 3.63) is 35.9 Å². The molecule has 1 atom stereocenters. The summed E-state index contributed by atoms with van der Waals surface area (Å²) in [6.45, 7) is 6.74. The Hall–Kier alpha value is -1.49. The molecule has 0 spiro atoms. The first-order valence-corrected chi connectivity index (χ1v) is 9.21. The fraction of sp³-hybridized carbons (Fsp3) is 0.556. The molecule has 1 aromatic carbocycles. The summed E-state index contributed by atoms with van der Waals surface area (Å²) >= 11 is 1.65. The van der Waals surface area contributed by atoms with Gasteiger partial charge in [0.1, 0.15) is 6.04 Å². The highest BCUT2D eigenvalue weighted by Gasteiger charge is 2.35. The maximum absolute atomic E-state index is 12.4. The van der Waals surface area contributed by atoms with Crippen LogP contribution in [0.4, 0.5) is 0 Å². The van der Waals surface area contributed by atoms with Crippen molar-refractivity contribution in [3.8, 4) is 0 Å². The van der Waals surface area contributed by atoms with Crippen molar-refractivity contribution < 1.29 is 9.59 Å². The van der Waals surface area contributed by atoms with Crippen molar-refractivity contribution in [2.75, 3.05) is 18.2 Å². The molecule has 0 aliphatic carbocycles. The molecule has 23 heavy (non-hydrogen) atoms. The first-order chi connectivity index (χ1) is 10.9. The van der Waals surface area contributed by atoms with Crippen LogP contribution in [0.3, 0.4) is 0 Å². The van der Waals surface area contributed by atoms with Crippen molar-refractivity contribution in [1.29, 1.82) is 0 Å². The Balaban J connectivity index is 1.84. The molecule has 1 saturated heterocycles. The van der Waals surface area contributed by atoms with E-state index in [9.17, 15) is 9.59 Å². The summed E-state index contributed by atoms with van der Waals surface area (Å²) in [5.41, 5.74) is 1.15. The molecule has 1 heterocycles. The lowest BCUT2D eigenvalue weighted by Gasteiger charge is -2.26. The molecule has 1 fully saturated rings. The predicted octanol–water partition coefficient (Wildman–Crippen LogP) is 2.68. The minimum Gasteiger partial charge on any atom is -0.354 e. The van der Waals surface area contributed by atoms with E-state index in [4.69, 9.17) is 0 Å². The van der Waals surface area contributed by atoms with Crippen LogP contribution in [-0.4, -0.2) is 40.9 Å². The van der Waals surface area contributed by atoms with Crippen molar-refractivity contribution >= 4 is 23.6 Å². The van der Waals surface area contributed by atoms with Gasteiger partial charge in [-0.05, 0) is 17.4 Å². The van der Waals surface area contributed by atoms with Gasteiger partial charge in [-0.3, -0.25) is 9.59 Å². The molecule has 4 nitrogen and oxygen atoms in total. The molecule has 5 heteroatoms. The zero-order chi connectivity index (χ0) is 16.9. The second kappa shape index (κ2) is 7.86. The molecule has 1 N–H and O–H groups in total. The van der Waals surface area contributed by atoms with Crippen LogP contribution in [0.2, 0.25) is 0 Å². The Morgan fingerprint density at radius 3 is 2.61 bits per heavy atom. The molecule has 1 aliphatic heterocycles. The SMILES string of the molecule is CC(C)(C)CC(=O)N1CSC[C@H]1C(=O)NCCc1ccccc1. The fourth-order valence-electron chi connectivity index (χ4n) is 2.55. The lowest BCUT2D eigenvalue weighted by Crippen LogP contribution is -2.48. The molecular weight excluding hydrogens is 308 g/mol. The van der Waals surface area contributed by atoms with Crippen molar-refractivity contribution in [3.63, 3.8) is 0 Å². The molecule has 2 rings (SSSR count). The zero-order valence-electron chi connectivity index (χ0n) is 14.2. The van der Waals surface area contributed by atoms with Gasteiger partial charge in [0, 0.05) is 18.7 Å². The molecule has 1 aromatic rings. The Bertz CT molecular complexity index is 540. The van der Waals surface area contributed by atoms with Crippen LogP contribution in [-0.2, 0) is 16.0 Å². The molecule has 0 unspecified atom stereocenters. The van der Waals surface area contributed by atoms with Gasteiger partial charge in [-0.25, -0.2) is 0 Å². The number of nitrogens with zero attached hydrogens (tertiary/aromatic N) is 1. The average molecular weight is 334 g/mol. The molecule has 0 aromatic heterocycles. The Labute approximate surface area is 143 Å². The Morgan fingerprint density at radius 1 is 1.26 bits per heavy atom. The monoisotopic (exact) mass is 334 g/mol. The van der Waals surface area contributed by atoms with Crippen molar-refractivity contribution in [2.24, 2.45) is 5.41 Å². The van der Waals surface area contributed by atoms with Gasteiger partial charge in [0.25, 0.3) is 0 Å². The van der Waals surface area contributed by atoms with E-state index in [0.29, 0.717) is 24.6 Å². The van der Waals surface area contributed by atoms with E-state index in [1.54, 1.807) is 16.7 Å². The summed E-state index contributed by atoms with van der Waals surface area (Å²) in [5, 5.41) is 2.97. The Morgan fingerprint density at radius 2 is 1.96 bits per heavy atom. The van der Waals surface area contributed by atoms with Gasteiger partial charge in [-0.1, -0.05) is 51.1 Å². The highest BCUT2D eigenvalue weighted by molar-refractivity contribution is 7.99. The minimum absolute atomic E-state index is 0.0341. The predicted molar refractivity (Wildman–Crippen MR) is 95.2 cm³/mol. The number of carbonyl (C=O) groups excluding carboxylic acids is 2. The summed E-state index contributed by atoms with van der Waals surface area (Å²) in [5.74, 6) is 1.34.